The summed E-state index contributed by atoms with van der Waals surface area (Å²) in [5.74, 6) is 0. The van der Waals surface area contributed by atoms with E-state index in [1.54, 1.807) is 18.1 Å². The van der Waals surface area contributed by atoms with E-state index in [0.717, 1.165) is 16.7 Å². The van der Waals surface area contributed by atoms with Crippen LogP contribution in [0.25, 0.3) is 0 Å². The molecule has 24 heavy (non-hydrogen) atoms. The minimum Gasteiger partial charge on any atom is -0.334 e. The van der Waals surface area contributed by atoms with Crippen LogP contribution in [0.3, 0.4) is 0 Å². The zero-order valence-corrected chi connectivity index (χ0v) is 15.3. The lowest BCUT2D eigenvalue weighted by Crippen LogP contribution is -2.36. The van der Waals surface area contributed by atoms with Crippen molar-refractivity contribution in [1.82, 2.24) is 15.2 Å². The SMILES string of the molecule is Cc1cnccc1CN(C)C(=O)NCc1ccc(C(C)(C)C)cc1. The van der Waals surface area contributed by atoms with Crippen LogP contribution >= 0.6 is 0 Å². The van der Waals surface area contributed by atoms with E-state index in [1.807, 2.05) is 19.2 Å². The highest BCUT2D eigenvalue weighted by Gasteiger charge is 2.13. The molecule has 2 rings (SSSR count). The summed E-state index contributed by atoms with van der Waals surface area (Å²) >= 11 is 0. The number of amides is 2. The Morgan fingerprint density at radius 1 is 1.17 bits per heavy atom. The van der Waals surface area contributed by atoms with Crippen molar-refractivity contribution in [3.63, 3.8) is 0 Å². The fraction of sp³-hybridized carbons (Fsp3) is 0.400. The first-order valence-electron chi connectivity index (χ1n) is 8.25. The fourth-order valence-electron chi connectivity index (χ4n) is 2.44. The number of urea groups is 1. The van der Waals surface area contributed by atoms with Gasteiger partial charge in [0.2, 0.25) is 0 Å². The molecule has 0 radical (unpaired) electrons. The van der Waals surface area contributed by atoms with Crippen molar-refractivity contribution in [2.45, 2.75) is 46.2 Å². The zero-order chi connectivity index (χ0) is 17.7. The number of carbonyl (C=O) groups excluding carboxylic acids is 1. The number of pyridine rings is 1. The quantitative estimate of drug-likeness (QED) is 0.922. The second kappa shape index (κ2) is 7.47. The molecule has 4 nitrogen and oxygen atoms in total. The maximum absolute atomic E-state index is 12.3. The Morgan fingerprint density at radius 2 is 1.83 bits per heavy atom. The van der Waals surface area contributed by atoms with Gasteiger partial charge in [-0.3, -0.25) is 4.98 Å². The highest BCUT2D eigenvalue weighted by atomic mass is 16.2. The van der Waals surface area contributed by atoms with E-state index >= 15 is 0 Å². The summed E-state index contributed by atoms with van der Waals surface area (Å²) < 4.78 is 0. The Labute approximate surface area is 144 Å². The van der Waals surface area contributed by atoms with Gasteiger partial charge in [0.05, 0.1) is 0 Å². The first kappa shape index (κ1) is 18.0. The van der Waals surface area contributed by atoms with E-state index in [4.69, 9.17) is 0 Å². The molecule has 2 amide bonds. The van der Waals surface area contributed by atoms with E-state index in [1.165, 1.54) is 5.56 Å². The molecule has 0 saturated carbocycles. The van der Waals surface area contributed by atoms with Crippen LogP contribution < -0.4 is 5.32 Å². The predicted molar refractivity (Wildman–Crippen MR) is 97.8 cm³/mol. The summed E-state index contributed by atoms with van der Waals surface area (Å²) in [6, 6.07) is 10.3. The maximum atomic E-state index is 12.3. The molecule has 0 unspecified atom stereocenters. The molecular formula is C20H27N3O. The van der Waals surface area contributed by atoms with E-state index in [-0.39, 0.29) is 11.4 Å². The summed E-state index contributed by atoms with van der Waals surface area (Å²) in [7, 11) is 1.80. The molecule has 0 bridgehead atoms. The molecule has 0 aliphatic rings. The van der Waals surface area contributed by atoms with Crippen LogP contribution in [0.1, 0.15) is 43.0 Å². The van der Waals surface area contributed by atoms with Gasteiger partial charge in [-0.1, -0.05) is 45.0 Å². The zero-order valence-electron chi connectivity index (χ0n) is 15.3. The van der Waals surface area contributed by atoms with Crippen LogP contribution in [0.4, 0.5) is 4.79 Å². The molecule has 0 aliphatic carbocycles. The fourth-order valence-corrected chi connectivity index (χ4v) is 2.44. The first-order valence-corrected chi connectivity index (χ1v) is 8.25. The molecule has 1 aromatic carbocycles. The Hall–Kier alpha value is -2.36. The van der Waals surface area contributed by atoms with Crippen LogP contribution in [-0.4, -0.2) is 23.0 Å². The number of aromatic nitrogens is 1. The smallest absolute Gasteiger partial charge is 0.317 e. The molecule has 0 aliphatic heterocycles. The number of carbonyl (C=O) groups is 1. The standard InChI is InChI=1S/C20H27N3O/c1-15-12-21-11-10-17(15)14-23(5)19(24)22-13-16-6-8-18(9-7-16)20(2,3)4/h6-12H,13-14H2,1-5H3,(H,22,24). The minimum atomic E-state index is -0.0777. The molecule has 1 N–H and O–H groups in total. The van der Waals surface area contributed by atoms with Crippen molar-refractivity contribution in [1.29, 1.82) is 0 Å². The number of benzene rings is 1. The third-order valence-corrected chi connectivity index (χ3v) is 4.15. The number of nitrogens with one attached hydrogen (secondary N) is 1. The second-order valence-electron chi connectivity index (χ2n) is 7.26. The Kier molecular flexibility index (Phi) is 5.60. The van der Waals surface area contributed by atoms with E-state index in [9.17, 15) is 4.79 Å². The molecule has 0 saturated heterocycles. The van der Waals surface area contributed by atoms with Crippen molar-refractivity contribution < 1.29 is 4.79 Å². The molecule has 0 fully saturated rings. The number of hydrogen-bond donors (Lipinski definition) is 1. The summed E-state index contributed by atoms with van der Waals surface area (Å²) in [5, 5.41) is 2.97. The van der Waals surface area contributed by atoms with Crippen LogP contribution in [0.15, 0.2) is 42.7 Å². The lowest BCUT2D eigenvalue weighted by molar-refractivity contribution is 0.206. The van der Waals surface area contributed by atoms with E-state index in [2.05, 4.69) is 55.3 Å². The molecule has 0 atom stereocenters. The van der Waals surface area contributed by atoms with Crippen molar-refractivity contribution in [3.8, 4) is 0 Å². The molecular weight excluding hydrogens is 298 g/mol. The van der Waals surface area contributed by atoms with Gasteiger partial charge in [0.1, 0.15) is 0 Å². The van der Waals surface area contributed by atoms with Gasteiger partial charge >= 0.3 is 6.03 Å². The van der Waals surface area contributed by atoms with Crippen LogP contribution in [0.2, 0.25) is 0 Å². The van der Waals surface area contributed by atoms with Crippen molar-refractivity contribution >= 4 is 6.03 Å². The number of hydrogen-bond acceptors (Lipinski definition) is 2. The highest BCUT2D eigenvalue weighted by Crippen LogP contribution is 2.22. The van der Waals surface area contributed by atoms with Gasteiger partial charge in [-0.25, -0.2) is 4.79 Å². The summed E-state index contributed by atoms with van der Waals surface area (Å²) in [6.45, 7) is 9.69. The number of rotatable bonds is 4. The van der Waals surface area contributed by atoms with Crippen molar-refractivity contribution in [2.24, 2.45) is 0 Å². The normalized spacial score (nSPS) is 11.2. The predicted octanol–water partition coefficient (Wildman–Crippen LogP) is 4.03. The Morgan fingerprint density at radius 3 is 2.42 bits per heavy atom. The van der Waals surface area contributed by atoms with Crippen molar-refractivity contribution in [3.05, 3.63) is 65.0 Å². The van der Waals surface area contributed by atoms with E-state index in [0.29, 0.717) is 13.1 Å². The van der Waals surface area contributed by atoms with Gasteiger partial charge < -0.3 is 10.2 Å². The van der Waals surface area contributed by atoms with Crippen LogP contribution in [0.5, 0.6) is 0 Å². The molecule has 0 spiro atoms. The third kappa shape index (κ3) is 4.82. The van der Waals surface area contributed by atoms with E-state index < -0.39 is 0 Å². The molecule has 1 heterocycles. The van der Waals surface area contributed by atoms with Gasteiger partial charge in [-0.15, -0.1) is 0 Å². The highest BCUT2D eigenvalue weighted by molar-refractivity contribution is 5.73. The largest absolute Gasteiger partial charge is 0.334 e. The molecule has 128 valence electrons. The summed E-state index contributed by atoms with van der Waals surface area (Å²) in [6.07, 6.45) is 3.57. The monoisotopic (exact) mass is 325 g/mol. The van der Waals surface area contributed by atoms with Crippen LogP contribution in [0, 0.1) is 6.92 Å². The molecule has 4 heteroatoms. The molecule has 1 aromatic heterocycles. The summed E-state index contributed by atoms with van der Waals surface area (Å²) in [4.78, 5) is 18.0. The topological polar surface area (TPSA) is 45.2 Å². The van der Waals surface area contributed by atoms with Gasteiger partial charge in [0.15, 0.2) is 0 Å². The minimum absolute atomic E-state index is 0.0777. The van der Waals surface area contributed by atoms with Gasteiger partial charge in [-0.2, -0.15) is 0 Å². The number of nitrogens with zero attached hydrogens (tertiary/aromatic N) is 2. The average molecular weight is 325 g/mol. The second-order valence-corrected chi connectivity index (χ2v) is 7.26. The lowest BCUT2D eigenvalue weighted by Gasteiger charge is -2.20. The lowest BCUT2D eigenvalue weighted by atomic mass is 9.87. The first-order chi connectivity index (χ1) is 11.3. The van der Waals surface area contributed by atoms with Gasteiger partial charge in [0, 0.05) is 32.5 Å². The Bertz CT molecular complexity index is 687. The van der Waals surface area contributed by atoms with Crippen LogP contribution in [-0.2, 0) is 18.5 Å². The van der Waals surface area contributed by atoms with Gasteiger partial charge in [-0.05, 0) is 40.7 Å². The Balaban J connectivity index is 1.89. The third-order valence-electron chi connectivity index (χ3n) is 4.15. The van der Waals surface area contributed by atoms with Crippen molar-refractivity contribution in [2.75, 3.05) is 7.05 Å². The maximum Gasteiger partial charge on any atom is 0.317 e. The van der Waals surface area contributed by atoms with Gasteiger partial charge in [0.25, 0.3) is 0 Å². The number of aryl methyl sites for hydroxylation is 1. The summed E-state index contributed by atoms with van der Waals surface area (Å²) in [5.41, 5.74) is 4.74. The average Bonchev–Trinajstić information content (AvgIpc) is 2.54. The molecule has 2 aromatic rings.